The van der Waals surface area contributed by atoms with E-state index >= 15 is 0 Å². The first-order chi connectivity index (χ1) is 12.9. The summed E-state index contributed by atoms with van der Waals surface area (Å²) in [6.07, 6.45) is 2.49. The van der Waals surface area contributed by atoms with Crippen LogP contribution in [0, 0.1) is 6.92 Å². The summed E-state index contributed by atoms with van der Waals surface area (Å²) in [6.45, 7) is 2.33. The zero-order valence-corrected chi connectivity index (χ0v) is 15.6. The molecule has 1 heterocycles. The third kappa shape index (κ3) is 5.84. The number of rotatable bonds is 10. The van der Waals surface area contributed by atoms with Crippen LogP contribution in [0.3, 0.4) is 0 Å². The lowest BCUT2D eigenvalue weighted by Gasteiger charge is -2.09. The van der Waals surface area contributed by atoms with Gasteiger partial charge >= 0.3 is 5.63 Å². The highest BCUT2D eigenvalue weighted by Crippen LogP contribution is 2.24. The number of carboxylic acids is 1. The van der Waals surface area contributed by atoms with Crippen molar-refractivity contribution < 1.29 is 23.8 Å². The summed E-state index contributed by atoms with van der Waals surface area (Å²) in [5.41, 5.74) is 1.32. The Morgan fingerprint density at radius 1 is 1.19 bits per heavy atom. The molecule has 0 aliphatic carbocycles. The summed E-state index contributed by atoms with van der Waals surface area (Å²) in [7, 11) is 1.54. The van der Waals surface area contributed by atoms with E-state index in [0.717, 1.165) is 10.9 Å². The summed E-state index contributed by atoms with van der Waals surface area (Å²) in [4.78, 5) is 34.5. The van der Waals surface area contributed by atoms with Gasteiger partial charge in [-0.25, -0.2) is 4.79 Å². The van der Waals surface area contributed by atoms with Gasteiger partial charge in [0.15, 0.2) is 0 Å². The van der Waals surface area contributed by atoms with Crippen LogP contribution < -0.4 is 20.8 Å². The number of nitrogens with one attached hydrogen (secondary N) is 1. The Bertz CT molecular complexity index is 871. The molecule has 0 radical (unpaired) electrons. The summed E-state index contributed by atoms with van der Waals surface area (Å²) >= 11 is 0. The molecule has 0 saturated heterocycles. The van der Waals surface area contributed by atoms with Crippen LogP contribution in [0.25, 0.3) is 11.0 Å². The number of benzene rings is 1. The van der Waals surface area contributed by atoms with Crippen molar-refractivity contribution in [3.63, 3.8) is 0 Å². The van der Waals surface area contributed by atoms with E-state index in [1.165, 1.54) is 0 Å². The average molecular weight is 374 g/mol. The Morgan fingerprint density at radius 2 is 1.96 bits per heavy atom. The lowest BCUT2D eigenvalue weighted by molar-refractivity contribution is -0.305. The van der Waals surface area contributed by atoms with E-state index < -0.39 is 11.6 Å². The van der Waals surface area contributed by atoms with Crippen LogP contribution in [0.1, 0.15) is 43.2 Å². The van der Waals surface area contributed by atoms with E-state index in [1.807, 2.05) is 13.0 Å². The number of hydrogen-bond acceptors (Lipinski definition) is 6. The van der Waals surface area contributed by atoms with Crippen LogP contribution in [-0.4, -0.2) is 25.5 Å². The number of carbonyl (C=O) groups excluding carboxylic acids is 2. The van der Waals surface area contributed by atoms with Crippen molar-refractivity contribution in [1.29, 1.82) is 0 Å². The van der Waals surface area contributed by atoms with Gasteiger partial charge in [-0.1, -0.05) is 6.42 Å². The second kappa shape index (κ2) is 9.75. The Hall–Kier alpha value is -2.83. The molecule has 2 rings (SSSR count). The normalized spacial score (nSPS) is 10.7. The molecule has 0 aliphatic rings. The van der Waals surface area contributed by atoms with Crippen LogP contribution >= 0.6 is 0 Å². The number of aryl methyl sites for hydroxylation is 1. The van der Waals surface area contributed by atoms with E-state index in [0.29, 0.717) is 49.1 Å². The van der Waals surface area contributed by atoms with Crippen molar-refractivity contribution in [3.8, 4) is 5.75 Å². The monoisotopic (exact) mass is 374 g/mol. The SMILES string of the molecule is COc1ccc2c(C)c(CCC(=O)NCCCCCC(=O)[O-])c(=O)oc2c1. The molecular weight excluding hydrogens is 350 g/mol. The maximum Gasteiger partial charge on any atom is 0.339 e. The zero-order chi connectivity index (χ0) is 19.8. The van der Waals surface area contributed by atoms with Crippen LogP contribution in [0.4, 0.5) is 0 Å². The lowest BCUT2D eigenvalue weighted by atomic mass is 10.0. The molecule has 0 atom stereocenters. The van der Waals surface area contributed by atoms with Crippen LogP contribution in [0.15, 0.2) is 27.4 Å². The van der Waals surface area contributed by atoms with Gasteiger partial charge in [0.05, 0.1) is 7.11 Å². The van der Waals surface area contributed by atoms with Crippen molar-refractivity contribution >= 4 is 22.8 Å². The first kappa shape index (κ1) is 20.5. The highest BCUT2D eigenvalue weighted by molar-refractivity contribution is 5.82. The second-order valence-electron chi connectivity index (χ2n) is 6.39. The molecule has 1 aromatic heterocycles. The third-order valence-electron chi connectivity index (χ3n) is 4.48. The number of methoxy groups -OCH3 is 1. The minimum Gasteiger partial charge on any atom is -0.550 e. The van der Waals surface area contributed by atoms with Gasteiger partial charge < -0.3 is 24.4 Å². The fourth-order valence-electron chi connectivity index (χ4n) is 2.92. The third-order valence-corrected chi connectivity index (χ3v) is 4.48. The molecule has 1 N–H and O–H groups in total. The molecule has 0 fully saturated rings. The predicted molar refractivity (Wildman–Crippen MR) is 98.6 cm³/mol. The summed E-state index contributed by atoms with van der Waals surface area (Å²) in [6, 6.07) is 5.30. The molecule has 0 saturated carbocycles. The minimum atomic E-state index is -1.05. The number of aliphatic carboxylic acids is 1. The van der Waals surface area contributed by atoms with Gasteiger partial charge in [0, 0.05) is 36.0 Å². The van der Waals surface area contributed by atoms with Crippen LogP contribution in [0.5, 0.6) is 5.75 Å². The Kier molecular flexibility index (Phi) is 7.40. The molecule has 27 heavy (non-hydrogen) atoms. The fourth-order valence-corrected chi connectivity index (χ4v) is 2.92. The second-order valence-corrected chi connectivity index (χ2v) is 6.39. The Balaban J connectivity index is 1.90. The quantitative estimate of drug-likeness (QED) is 0.498. The maximum absolute atomic E-state index is 12.3. The summed E-state index contributed by atoms with van der Waals surface area (Å²) in [5.74, 6) is -0.595. The highest BCUT2D eigenvalue weighted by atomic mass is 16.5. The fraction of sp³-hybridized carbons (Fsp3) is 0.450. The van der Waals surface area contributed by atoms with Crippen molar-refractivity contribution in [1.82, 2.24) is 5.32 Å². The Labute approximate surface area is 157 Å². The number of carboxylic acid groups (broad SMARTS) is 1. The minimum absolute atomic E-state index is 0.0385. The zero-order valence-electron chi connectivity index (χ0n) is 15.6. The van der Waals surface area contributed by atoms with Gasteiger partial charge in [0.25, 0.3) is 0 Å². The predicted octanol–water partition coefficient (Wildman–Crippen LogP) is 1.47. The van der Waals surface area contributed by atoms with E-state index in [1.54, 1.807) is 19.2 Å². The van der Waals surface area contributed by atoms with Crippen molar-refractivity contribution in [2.24, 2.45) is 0 Å². The van der Waals surface area contributed by atoms with E-state index in [2.05, 4.69) is 5.32 Å². The molecule has 2 aromatic rings. The molecular formula is C20H24NO6-. The van der Waals surface area contributed by atoms with E-state index in [4.69, 9.17) is 9.15 Å². The van der Waals surface area contributed by atoms with Crippen LogP contribution in [0.2, 0.25) is 0 Å². The number of amides is 1. The van der Waals surface area contributed by atoms with E-state index in [-0.39, 0.29) is 18.7 Å². The van der Waals surface area contributed by atoms with Gasteiger partial charge in [-0.3, -0.25) is 4.79 Å². The van der Waals surface area contributed by atoms with Gasteiger partial charge in [0.1, 0.15) is 11.3 Å². The standard InChI is InChI=1S/C20H25NO6/c1-13-15-8-7-14(26-2)12-17(15)27-20(25)16(13)9-10-18(22)21-11-5-3-4-6-19(23)24/h7-8,12H,3-6,9-11H2,1-2H3,(H,21,22)(H,23,24)/p-1. The molecule has 7 nitrogen and oxygen atoms in total. The van der Waals surface area contributed by atoms with Crippen LogP contribution in [-0.2, 0) is 16.0 Å². The number of fused-ring (bicyclic) bond motifs is 1. The number of carbonyl (C=O) groups is 2. The first-order valence-corrected chi connectivity index (χ1v) is 8.99. The number of hydrogen-bond donors (Lipinski definition) is 1. The number of unbranched alkanes of at least 4 members (excludes halogenated alkanes) is 2. The molecule has 1 amide bonds. The van der Waals surface area contributed by atoms with Gasteiger partial charge in [0.2, 0.25) is 5.91 Å². The van der Waals surface area contributed by atoms with Crippen molar-refractivity contribution in [3.05, 3.63) is 39.7 Å². The molecule has 0 spiro atoms. The van der Waals surface area contributed by atoms with Gasteiger partial charge in [-0.15, -0.1) is 0 Å². The molecule has 0 unspecified atom stereocenters. The average Bonchev–Trinajstić information content (AvgIpc) is 2.63. The summed E-state index contributed by atoms with van der Waals surface area (Å²) < 4.78 is 10.5. The molecule has 0 aliphatic heterocycles. The molecule has 146 valence electrons. The molecule has 7 heteroatoms. The lowest BCUT2D eigenvalue weighted by Crippen LogP contribution is -2.26. The van der Waals surface area contributed by atoms with Gasteiger partial charge in [-0.2, -0.15) is 0 Å². The largest absolute Gasteiger partial charge is 0.550 e. The highest BCUT2D eigenvalue weighted by Gasteiger charge is 2.13. The first-order valence-electron chi connectivity index (χ1n) is 8.99. The van der Waals surface area contributed by atoms with Crippen molar-refractivity contribution in [2.75, 3.05) is 13.7 Å². The van der Waals surface area contributed by atoms with Crippen molar-refractivity contribution in [2.45, 2.75) is 45.4 Å². The molecule has 1 aromatic carbocycles. The summed E-state index contributed by atoms with van der Waals surface area (Å²) in [5, 5.41) is 13.9. The number of ether oxygens (including phenoxy) is 1. The smallest absolute Gasteiger partial charge is 0.339 e. The molecule has 0 bridgehead atoms. The Morgan fingerprint density at radius 3 is 2.67 bits per heavy atom. The van der Waals surface area contributed by atoms with Gasteiger partial charge in [-0.05, 0) is 50.3 Å². The topological polar surface area (TPSA) is 109 Å². The van der Waals surface area contributed by atoms with E-state index in [9.17, 15) is 19.5 Å². The maximum atomic E-state index is 12.3.